The van der Waals surface area contributed by atoms with Crippen molar-refractivity contribution in [2.75, 3.05) is 26.2 Å². The fraction of sp³-hybridized carbons (Fsp3) is 0.571. The van der Waals surface area contributed by atoms with Crippen LogP contribution in [0.15, 0.2) is 24.3 Å². The fourth-order valence-electron chi connectivity index (χ4n) is 1.59. The lowest BCUT2D eigenvalue weighted by Gasteiger charge is -2.08. The molecule has 0 fully saturated rings. The highest BCUT2D eigenvalue weighted by atomic mass is 35.5. The van der Waals surface area contributed by atoms with Crippen molar-refractivity contribution in [2.45, 2.75) is 26.5 Å². The molecule has 118 valence electrons. The molecule has 1 aromatic rings. The molecule has 0 heterocycles. The van der Waals surface area contributed by atoms with Crippen molar-refractivity contribution in [1.82, 2.24) is 10.6 Å². The molecule has 0 aliphatic heterocycles. The minimum atomic E-state index is -0.281. The summed E-state index contributed by atoms with van der Waals surface area (Å²) in [6.45, 7) is 7.71. The quantitative estimate of drug-likeness (QED) is 0.608. The Morgan fingerprint density at radius 1 is 1.10 bits per heavy atom. The molecule has 0 saturated carbocycles. The van der Waals surface area contributed by atoms with Gasteiger partial charge in [-0.15, -0.1) is 24.8 Å². The molecular weight excluding hydrogens is 299 g/mol. The molecule has 1 rings (SSSR count). The second-order valence-corrected chi connectivity index (χ2v) is 4.31. The number of ether oxygens (including phenoxy) is 1. The molecule has 0 bridgehead atoms. The second-order valence-electron chi connectivity index (χ2n) is 4.31. The summed E-state index contributed by atoms with van der Waals surface area (Å²) in [6.07, 6.45) is -0.281. The second kappa shape index (κ2) is 13.5. The number of aliphatic hydroxyl groups is 1. The summed E-state index contributed by atoms with van der Waals surface area (Å²) in [5.41, 5.74) is 1.24. The first-order valence-corrected chi connectivity index (χ1v) is 6.53. The van der Waals surface area contributed by atoms with Crippen LogP contribution < -0.4 is 15.4 Å². The monoisotopic (exact) mass is 324 g/mol. The first-order chi connectivity index (χ1) is 8.72. The van der Waals surface area contributed by atoms with Gasteiger partial charge in [0.2, 0.25) is 0 Å². The Morgan fingerprint density at radius 3 is 2.25 bits per heavy atom. The highest BCUT2D eigenvalue weighted by molar-refractivity contribution is 5.85. The van der Waals surface area contributed by atoms with E-state index in [-0.39, 0.29) is 30.9 Å². The summed E-state index contributed by atoms with van der Waals surface area (Å²) in [6, 6.07) is 8.13. The third-order valence-corrected chi connectivity index (χ3v) is 2.48. The predicted molar refractivity (Wildman–Crippen MR) is 88.4 cm³/mol. The molecular formula is C14H26Cl2N2O2. The van der Waals surface area contributed by atoms with Gasteiger partial charge in [-0.05, 0) is 31.5 Å². The van der Waals surface area contributed by atoms with Crippen molar-refractivity contribution < 1.29 is 9.84 Å². The molecule has 3 N–H and O–H groups in total. The summed E-state index contributed by atoms with van der Waals surface area (Å²) in [4.78, 5) is 0. The molecule has 6 heteroatoms. The van der Waals surface area contributed by atoms with Crippen LogP contribution in [-0.4, -0.2) is 37.5 Å². The normalized spacial score (nSPS) is 11.2. The van der Waals surface area contributed by atoms with Crippen LogP contribution in [0.2, 0.25) is 0 Å². The highest BCUT2D eigenvalue weighted by Crippen LogP contribution is 2.11. The Balaban J connectivity index is 0. The molecule has 20 heavy (non-hydrogen) atoms. The average Bonchev–Trinajstić information content (AvgIpc) is 2.35. The van der Waals surface area contributed by atoms with Gasteiger partial charge in [-0.3, -0.25) is 0 Å². The van der Waals surface area contributed by atoms with Gasteiger partial charge >= 0.3 is 0 Å². The standard InChI is InChI=1S/C14H24N2O2.2ClH/c1-3-18-14-6-4-13(5-7-14)11-16-9-8-15-10-12(2)17;;/h4-7,12,15-17H,3,8-11H2,1-2H3;2*1H. The van der Waals surface area contributed by atoms with Crippen molar-refractivity contribution in [1.29, 1.82) is 0 Å². The molecule has 0 saturated heterocycles. The third-order valence-electron chi connectivity index (χ3n) is 2.48. The van der Waals surface area contributed by atoms with Gasteiger partial charge in [-0.25, -0.2) is 0 Å². The van der Waals surface area contributed by atoms with E-state index in [4.69, 9.17) is 9.84 Å². The van der Waals surface area contributed by atoms with Crippen molar-refractivity contribution in [2.24, 2.45) is 0 Å². The molecule has 0 spiro atoms. The van der Waals surface area contributed by atoms with E-state index in [0.717, 1.165) is 25.4 Å². The maximum absolute atomic E-state index is 9.06. The molecule has 0 aliphatic rings. The molecule has 4 nitrogen and oxygen atoms in total. The number of hydrogen-bond acceptors (Lipinski definition) is 4. The minimum Gasteiger partial charge on any atom is -0.494 e. The lowest BCUT2D eigenvalue weighted by molar-refractivity contribution is 0.191. The molecule has 0 radical (unpaired) electrons. The summed E-state index contributed by atoms with van der Waals surface area (Å²) in [5.74, 6) is 0.917. The van der Waals surface area contributed by atoms with Gasteiger partial charge in [0.1, 0.15) is 5.75 Å². The molecule has 0 aliphatic carbocycles. The largest absolute Gasteiger partial charge is 0.494 e. The maximum Gasteiger partial charge on any atom is 0.119 e. The number of halogens is 2. The van der Waals surface area contributed by atoms with E-state index < -0.39 is 0 Å². The first-order valence-electron chi connectivity index (χ1n) is 6.53. The first kappa shape index (κ1) is 21.8. The number of nitrogens with one attached hydrogen (secondary N) is 2. The van der Waals surface area contributed by atoms with Crippen LogP contribution in [0.1, 0.15) is 19.4 Å². The SMILES string of the molecule is CCOc1ccc(CNCCNCC(C)O)cc1.Cl.Cl. The fourth-order valence-corrected chi connectivity index (χ4v) is 1.59. The number of rotatable bonds is 9. The summed E-state index contributed by atoms with van der Waals surface area (Å²) >= 11 is 0. The van der Waals surface area contributed by atoms with Gasteiger partial charge in [-0.2, -0.15) is 0 Å². The Labute approximate surface area is 134 Å². The summed E-state index contributed by atoms with van der Waals surface area (Å²) in [7, 11) is 0. The zero-order chi connectivity index (χ0) is 13.2. The van der Waals surface area contributed by atoms with Crippen LogP contribution in [0.25, 0.3) is 0 Å². The van der Waals surface area contributed by atoms with Gasteiger partial charge in [0.15, 0.2) is 0 Å². The van der Waals surface area contributed by atoms with Crippen LogP contribution in [-0.2, 0) is 6.54 Å². The molecule has 1 unspecified atom stereocenters. The van der Waals surface area contributed by atoms with E-state index in [9.17, 15) is 0 Å². The smallest absolute Gasteiger partial charge is 0.119 e. The Bertz CT molecular complexity index is 321. The minimum absolute atomic E-state index is 0. The van der Waals surface area contributed by atoms with E-state index in [1.165, 1.54) is 5.56 Å². The number of hydrogen-bond donors (Lipinski definition) is 3. The lowest BCUT2D eigenvalue weighted by Crippen LogP contribution is -2.31. The van der Waals surface area contributed by atoms with Gasteiger partial charge < -0.3 is 20.5 Å². The van der Waals surface area contributed by atoms with Crippen molar-refractivity contribution in [3.8, 4) is 5.75 Å². The van der Waals surface area contributed by atoms with Crippen LogP contribution in [0.3, 0.4) is 0 Å². The lowest BCUT2D eigenvalue weighted by atomic mass is 10.2. The Hall–Kier alpha value is -0.520. The summed E-state index contributed by atoms with van der Waals surface area (Å²) < 4.78 is 5.39. The van der Waals surface area contributed by atoms with E-state index in [0.29, 0.717) is 13.2 Å². The zero-order valence-electron chi connectivity index (χ0n) is 12.1. The zero-order valence-corrected chi connectivity index (χ0v) is 13.7. The number of aliphatic hydroxyl groups excluding tert-OH is 1. The van der Waals surface area contributed by atoms with E-state index in [1.807, 2.05) is 19.1 Å². The van der Waals surface area contributed by atoms with Gasteiger partial charge in [0, 0.05) is 26.2 Å². The Kier molecular flexibility index (Phi) is 14.7. The summed E-state index contributed by atoms with van der Waals surface area (Å²) in [5, 5.41) is 15.6. The van der Waals surface area contributed by atoms with Crippen LogP contribution in [0.5, 0.6) is 5.75 Å². The van der Waals surface area contributed by atoms with Gasteiger partial charge in [-0.1, -0.05) is 12.1 Å². The third kappa shape index (κ3) is 10.3. The van der Waals surface area contributed by atoms with Gasteiger partial charge in [0.05, 0.1) is 12.7 Å². The van der Waals surface area contributed by atoms with Crippen molar-refractivity contribution in [3.63, 3.8) is 0 Å². The predicted octanol–water partition coefficient (Wildman–Crippen LogP) is 1.99. The van der Waals surface area contributed by atoms with Crippen molar-refractivity contribution in [3.05, 3.63) is 29.8 Å². The molecule has 1 atom stereocenters. The maximum atomic E-state index is 9.06. The highest BCUT2D eigenvalue weighted by Gasteiger charge is 1.96. The molecule has 0 aromatic heterocycles. The van der Waals surface area contributed by atoms with Gasteiger partial charge in [0.25, 0.3) is 0 Å². The van der Waals surface area contributed by atoms with Crippen molar-refractivity contribution >= 4 is 24.8 Å². The average molecular weight is 325 g/mol. The van der Waals surface area contributed by atoms with Crippen LogP contribution in [0.4, 0.5) is 0 Å². The molecule has 1 aromatic carbocycles. The number of benzene rings is 1. The van der Waals surface area contributed by atoms with E-state index in [2.05, 4.69) is 22.8 Å². The van der Waals surface area contributed by atoms with Crippen LogP contribution >= 0.6 is 24.8 Å². The molecule has 0 amide bonds. The Morgan fingerprint density at radius 2 is 1.70 bits per heavy atom. The van der Waals surface area contributed by atoms with E-state index >= 15 is 0 Å². The van der Waals surface area contributed by atoms with E-state index in [1.54, 1.807) is 6.92 Å². The topological polar surface area (TPSA) is 53.5 Å². The van der Waals surface area contributed by atoms with Crippen LogP contribution in [0, 0.1) is 0 Å².